The van der Waals surface area contributed by atoms with Crippen molar-refractivity contribution in [1.29, 1.82) is 0 Å². The summed E-state index contributed by atoms with van der Waals surface area (Å²) in [6.45, 7) is 5.73. The highest BCUT2D eigenvalue weighted by atomic mass is 32.1. The van der Waals surface area contributed by atoms with Crippen LogP contribution in [0, 0.1) is 30.4 Å². The highest BCUT2D eigenvalue weighted by Gasteiger charge is 2.37. The van der Waals surface area contributed by atoms with Crippen LogP contribution in [0.1, 0.15) is 46.6 Å². The van der Waals surface area contributed by atoms with E-state index in [1.54, 1.807) is 13.0 Å². The molecule has 1 atom stereocenters. The fraction of sp³-hybridized carbons (Fsp3) is 0.417. The molecule has 2 aliphatic heterocycles. The zero-order valence-electron chi connectivity index (χ0n) is 18.1. The maximum Gasteiger partial charge on any atom is 0.263 e. The zero-order valence-corrected chi connectivity index (χ0v) is 18.9. The number of carbonyl (C=O) groups excluding carboxylic acids is 1. The minimum absolute atomic E-state index is 0.0781. The third-order valence-corrected chi connectivity index (χ3v) is 7.91. The Morgan fingerprint density at radius 1 is 1.25 bits per heavy atom. The number of aryl methyl sites for hydroxylation is 1. The maximum absolute atomic E-state index is 14.9. The fourth-order valence-electron chi connectivity index (χ4n) is 4.87. The molecule has 5 nitrogen and oxygen atoms in total. The van der Waals surface area contributed by atoms with E-state index in [4.69, 9.17) is 5.73 Å². The van der Waals surface area contributed by atoms with Gasteiger partial charge >= 0.3 is 0 Å². The first-order valence-electron chi connectivity index (χ1n) is 11.0. The third-order valence-electron chi connectivity index (χ3n) is 6.80. The molecule has 0 spiro atoms. The number of piperidine rings is 2. The Bertz CT molecular complexity index is 1190. The smallest absolute Gasteiger partial charge is 0.263 e. The summed E-state index contributed by atoms with van der Waals surface area (Å²) in [7, 11) is 0. The number of nitrogens with two attached hydrogens (primary N) is 1. The number of hydrogen-bond acceptors (Lipinski definition) is 5. The molecule has 1 aromatic carbocycles. The van der Waals surface area contributed by atoms with Gasteiger partial charge in [0.15, 0.2) is 0 Å². The average Bonchev–Trinajstić information content (AvgIpc) is 3.07. The van der Waals surface area contributed by atoms with Gasteiger partial charge in [-0.15, -0.1) is 11.3 Å². The number of rotatable bonds is 5. The van der Waals surface area contributed by atoms with E-state index in [1.165, 1.54) is 18.9 Å². The molecule has 2 bridgehead atoms. The van der Waals surface area contributed by atoms with Gasteiger partial charge in [-0.05, 0) is 61.3 Å². The van der Waals surface area contributed by atoms with Crippen molar-refractivity contribution in [3.63, 3.8) is 0 Å². The van der Waals surface area contributed by atoms with E-state index in [2.05, 4.69) is 15.2 Å². The van der Waals surface area contributed by atoms with Gasteiger partial charge in [0.1, 0.15) is 21.3 Å². The molecule has 3 fully saturated rings. The maximum atomic E-state index is 14.9. The van der Waals surface area contributed by atoms with Crippen LogP contribution in [0.2, 0.25) is 0 Å². The van der Waals surface area contributed by atoms with E-state index in [9.17, 15) is 13.6 Å². The Hall–Kier alpha value is -2.74. The van der Waals surface area contributed by atoms with Gasteiger partial charge in [-0.2, -0.15) is 0 Å². The molecule has 168 valence electrons. The van der Waals surface area contributed by atoms with Gasteiger partial charge in [-0.25, -0.2) is 13.8 Å². The molecule has 1 saturated carbocycles. The van der Waals surface area contributed by atoms with Gasteiger partial charge < -0.3 is 16.0 Å². The molecule has 8 heteroatoms. The number of nitrogen functional groups attached to an aromatic ring is 1. The lowest BCUT2D eigenvalue weighted by molar-refractivity contribution is 0.0956. The summed E-state index contributed by atoms with van der Waals surface area (Å²) in [5, 5.41) is 3.32. The monoisotopic (exact) mass is 456 g/mol. The summed E-state index contributed by atoms with van der Waals surface area (Å²) >= 11 is 1.15. The molecule has 3 N–H and O–H groups in total. The molecule has 2 saturated heterocycles. The average molecular weight is 457 g/mol. The van der Waals surface area contributed by atoms with Crippen LogP contribution in [0.15, 0.2) is 24.3 Å². The second kappa shape index (κ2) is 7.99. The van der Waals surface area contributed by atoms with Gasteiger partial charge in [-0.1, -0.05) is 13.0 Å². The molecule has 3 aromatic rings. The minimum Gasteiger partial charge on any atom is -0.397 e. The van der Waals surface area contributed by atoms with Crippen LogP contribution in [0.3, 0.4) is 0 Å². The first-order chi connectivity index (χ1) is 15.3. The number of pyridine rings is 1. The Morgan fingerprint density at radius 2 is 1.97 bits per heavy atom. The Labute approximate surface area is 189 Å². The van der Waals surface area contributed by atoms with Gasteiger partial charge in [0.05, 0.1) is 17.1 Å². The molecule has 0 unspecified atom stereocenters. The summed E-state index contributed by atoms with van der Waals surface area (Å²) in [4.78, 5) is 19.9. The number of anilines is 2. The van der Waals surface area contributed by atoms with Crippen LogP contribution in [0.25, 0.3) is 10.2 Å². The molecule has 0 radical (unpaired) electrons. The number of nitrogens with one attached hydrogen (secondary N) is 1. The van der Waals surface area contributed by atoms with Crippen LogP contribution >= 0.6 is 11.3 Å². The molecule has 3 aliphatic rings. The van der Waals surface area contributed by atoms with Crippen molar-refractivity contribution in [3.05, 3.63) is 52.0 Å². The second-order valence-electron chi connectivity index (χ2n) is 9.18. The number of aromatic nitrogens is 1. The highest BCUT2D eigenvalue weighted by molar-refractivity contribution is 7.21. The summed E-state index contributed by atoms with van der Waals surface area (Å²) in [5.41, 5.74) is 8.09. The summed E-state index contributed by atoms with van der Waals surface area (Å²) in [6, 6.07) is 6.70. The number of carbonyl (C=O) groups is 1. The Kier molecular flexibility index (Phi) is 5.28. The molecule has 1 aliphatic carbocycles. The molecule has 1 amide bonds. The molecule has 2 aromatic heterocycles. The molecule has 4 heterocycles. The second-order valence-corrected chi connectivity index (χ2v) is 10.2. The van der Waals surface area contributed by atoms with Crippen LogP contribution in [0.5, 0.6) is 0 Å². The molecule has 32 heavy (non-hydrogen) atoms. The van der Waals surface area contributed by atoms with Crippen LogP contribution in [0.4, 0.5) is 20.2 Å². The van der Waals surface area contributed by atoms with Crippen molar-refractivity contribution >= 4 is 38.8 Å². The predicted octanol–water partition coefficient (Wildman–Crippen LogP) is 4.84. The number of halogens is 2. The van der Waals surface area contributed by atoms with Crippen LogP contribution in [-0.4, -0.2) is 30.5 Å². The van der Waals surface area contributed by atoms with Gasteiger partial charge in [0.2, 0.25) is 0 Å². The van der Waals surface area contributed by atoms with E-state index in [0.29, 0.717) is 39.2 Å². The quantitative estimate of drug-likeness (QED) is 0.576. The van der Waals surface area contributed by atoms with Gasteiger partial charge in [0.25, 0.3) is 5.91 Å². The standard InChI is InChI=1S/C24H26F2N4OS/c1-12(16-3-4-20(19(26)7-16)30-10-14-5-15(6-14)11-30)9-28-23(31)22-21(27)17-8-18(25)13(2)29-24(17)32-22/h3-4,7-8,12,14-15H,5-6,9-11,27H2,1-2H3,(H,28,31)/t12-,14?,15?/m0/s1. The van der Waals surface area contributed by atoms with Gasteiger partial charge in [0, 0.05) is 25.0 Å². The van der Waals surface area contributed by atoms with Crippen LogP contribution < -0.4 is 16.0 Å². The summed E-state index contributed by atoms with van der Waals surface area (Å²) in [6.07, 6.45) is 2.56. The van der Waals surface area contributed by atoms with Crippen molar-refractivity contribution in [2.24, 2.45) is 11.8 Å². The van der Waals surface area contributed by atoms with E-state index >= 15 is 0 Å². The summed E-state index contributed by atoms with van der Waals surface area (Å²) in [5.74, 6) is 0.345. The number of thiophene rings is 1. The lowest BCUT2D eigenvalue weighted by Crippen LogP contribution is -2.48. The molecular weight excluding hydrogens is 430 g/mol. The SMILES string of the molecule is Cc1nc2sc(C(=O)NC[C@H](C)c3ccc(N4CC5CC(C5)C4)c(F)c3)c(N)c2cc1F. The Morgan fingerprint density at radius 3 is 2.66 bits per heavy atom. The normalized spacial score (nSPS) is 20.8. The van der Waals surface area contributed by atoms with Crippen molar-refractivity contribution in [3.8, 4) is 0 Å². The topological polar surface area (TPSA) is 71.2 Å². The van der Waals surface area contributed by atoms with Crippen LogP contribution in [-0.2, 0) is 0 Å². The lowest BCUT2D eigenvalue weighted by atomic mass is 9.71. The fourth-order valence-corrected chi connectivity index (χ4v) is 5.91. The molecule has 6 rings (SSSR count). The van der Waals surface area contributed by atoms with E-state index < -0.39 is 5.82 Å². The Balaban J connectivity index is 1.26. The highest BCUT2D eigenvalue weighted by Crippen LogP contribution is 2.41. The van der Waals surface area contributed by atoms with Gasteiger partial charge in [-0.3, -0.25) is 4.79 Å². The third kappa shape index (κ3) is 3.70. The predicted molar refractivity (Wildman–Crippen MR) is 124 cm³/mol. The van der Waals surface area contributed by atoms with Crippen molar-refractivity contribution < 1.29 is 13.6 Å². The number of hydrogen-bond donors (Lipinski definition) is 2. The van der Waals surface area contributed by atoms with Crippen molar-refractivity contribution in [2.75, 3.05) is 30.3 Å². The van der Waals surface area contributed by atoms with E-state index in [1.807, 2.05) is 19.1 Å². The van der Waals surface area contributed by atoms with Crippen molar-refractivity contribution in [2.45, 2.75) is 32.6 Å². The number of benzene rings is 1. The molecular formula is C24H26F2N4OS. The van der Waals surface area contributed by atoms with E-state index in [-0.39, 0.29) is 29.0 Å². The number of amides is 1. The number of fused-ring (bicyclic) bond motifs is 3. The largest absolute Gasteiger partial charge is 0.397 e. The van der Waals surface area contributed by atoms with Crippen molar-refractivity contribution in [1.82, 2.24) is 10.3 Å². The minimum atomic E-state index is -0.449. The summed E-state index contributed by atoms with van der Waals surface area (Å²) < 4.78 is 28.7. The first-order valence-corrected chi connectivity index (χ1v) is 11.8. The lowest BCUT2D eigenvalue weighted by Gasteiger charge is -2.48. The van der Waals surface area contributed by atoms with E-state index in [0.717, 1.165) is 30.0 Å². The number of nitrogens with zero attached hydrogens (tertiary/aromatic N) is 2. The first kappa shape index (κ1) is 21.1. The zero-order chi connectivity index (χ0) is 22.6.